The minimum absolute atomic E-state index is 0.0277. The van der Waals surface area contributed by atoms with Gasteiger partial charge in [-0.15, -0.1) is 0 Å². The molecule has 0 bridgehead atoms. The molecule has 120 valence electrons. The zero-order chi connectivity index (χ0) is 17.3. The second kappa shape index (κ2) is 6.46. The Balaban J connectivity index is 2.03. The van der Waals surface area contributed by atoms with Crippen molar-refractivity contribution >= 4 is 52.5 Å². The van der Waals surface area contributed by atoms with E-state index >= 15 is 0 Å². The molecule has 3 rings (SSSR count). The molecule has 24 heavy (non-hydrogen) atoms. The molecule has 0 radical (unpaired) electrons. The fourth-order valence-corrected chi connectivity index (χ4v) is 2.55. The Hall–Kier alpha value is -2.64. The minimum atomic E-state index is -0.781. The van der Waals surface area contributed by atoms with Gasteiger partial charge in [-0.3, -0.25) is 19.8 Å². The molecule has 8 heteroatoms. The lowest BCUT2D eigenvalue weighted by Gasteiger charge is -2.28. The lowest BCUT2D eigenvalue weighted by Crippen LogP contribution is -2.54. The number of carbonyl (C=O) groups is 2. The number of pyridine rings is 1. The van der Waals surface area contributed by atoms with E-state index in [1.54, 1.807) is 24.3 Å². The number of aromatic nitrogens is 1. The number of nitrogens with zero attached hydrogens (tertiary/aromatic N) is 2. The first-order chi connectivity index (χ1) is 11.5. The standard InChI is InChI=1S/C16H9ClFN3O2S/c17-10-3-5-11(6-4-10)21-15(23)12(14(22)20-16(21)24)8-9-2-1-7-19-13(9)18/h1-8H,(H,20,22,24)/b12-8+. The van der Waals surface area contributed by atoms with Gasteiger partial charge in [-0.05, 0) is 54.7 Å². The first kappa shape index (κ1) is 16.2. The second-order valence-electron chi connectivity index (χ2n) is 4.82. The Kier molecular flexibility index (Phi) is 4.37. The molecule has 1 N–H and O–H groups in total. The average Bonchev–Trinajstić information content (AvgIpc) is 2.54. The SMILES string of the molecule is O=C1NC(=S)N(c2ccc(Cl)cc2)C(=O)/C1=C/c1cccnc1F. The van der Waals surface area contributed by atoms with Crippen LogP contribution in [0.3, 0.4) is 0 Å². The number of benzene rings is 1. The van der Waals surface area contributed by atoms with Crippen LogP contribution in [0.5, 0.6) is 0 Å². The molecule has 0 aliphatic carbocycles. The average molecular weight is 362 g/mol. The van der Waals surface area contributed by atoms with Gasteiger partial charge >= 0.3 is 0 Å². The van der Waals surface area contributed by atoms with Crippen molar-refractivity contribution in [2.24, 2.45) is 0 Å². The van der Waals surface area contributed by atoms with Crippen LogP contribution >= 0.6 is 23.8 Å². The van der Waals surface area contributed by atoms with Crippen LogP contribution < -0.4 is 10.2 Å². The maximum atomic E-state index is 13.7. The van der Waals surface area contributed by atoms with Crippen molar-refractivity contribution in [1.29, 1.82) is 0 Å². The van der Waals surface area contributed by atoms with Crippen LogP contribution in [0.4, 0.5) is 10.1 Å². The van der Waals surface area contributed by atoms with Crippen LogP contribution in [0.2, 0.25) is 5.02 Å². The Morgan fingerprint density at radius 3 is 2.58 bits per heavy atom. The summed E-state index contributed by atoms with van der Waals surface area (Å²) in [4.78, 5) is 29.4. The van der Waals surface area contributed by atoms with E-state index in [0.717, 1.165) is 11.0 Å². The number of hydrogen-bond acceptors (Lipinski definition) is 4. The predicted octanol–water partition coefficient (Wildman–Crippen LogP) is 2.71. The van der Waals surface area contributed by atoms with E-state index in [2.05, 4.69) is 10.3 Å². The van der Waals surface area contributed by atoms with E-state index in [1.165, 1.54) is 18.3 Å². The van der Waals surface area contributed by atoms with Crippen molar-refractivity contribution in [2.45, 2.75) is 0 Å². The third-order valence-electron chi connectivity index (χ3n) is 3.27. The number of carbonyl (C=O) groups excluding carboxylic acids is 2. The van der Waals surface area contributed by atoms with E-state index in [0.29, 0.717) is 10.7 Å². The van der Waals surface area contributed by atoms with Crippen LogP contribution in [0.1, 0.15) is 5.56 Å². The summed E-state index contributed by atoms with van der Waals surface area (Å²) in [7, 11) is 0. The normalized spacial score (nSPS) is 16.5. The Morgan fingerprint density at radius 1 is 1.21 bits per heavy atom. The number of thiocarbonyl (C=S) groups is 1. The summed E-state index contributed by atoms with van der Waals surface area (Å²) in [6.07, 6.45) is 2.42. The molecule has 0 saturated carbocycles. The fraction of sp³-hybridized carbons (Fsp3) is 0. The molecule has 2 amide bonds. The molecule has 1 saturated heterocycles. The van der Waals surface area contributed by atoms with Gasteiger partial charge in [-0.2, -0.15) is 4.39 Å². The largest absolute Gasteiger partial charge is 0.298 e. The maximum Gasteiger partial charge on any atom is 0.270 e. The Labute approximate surface area is 146 Å². The highest BCUT2D eigenvalue weighted by Gasteiger charge is 2.34. The molecule has 2 heterocycles. The zero-order valence-corrected chi connectivity index (χ0v) is 13.6. The van der Waals surface area contributed by atoms with E-state index in [1.807, 2.05) is 0 Å². The van der Waals surface area contributed by atoms with Gasteiger partial charge < -0.3 is 0 Å². The van der Waals surface area contributed by atoms with Gasteiger partial charge in [-0.25, -0.2) is 4.98 Å². The molecule has 0 spiro atoms. The molecule has 1 aromatic carbocycles. The van der Waals surface area contributed by atoms with Gasteiger partial charge in [0.05, 0.1) is 5.69 Å². The fourth-order valence-electron chi connectivity index (χ4n) is 2.14. The highest BCUT2D eigenvalue weighted by Crippen LogP contribution is 2.23. The summed E-state index contributed by atoms with van der Waals surface area (Å²) in [5.41, 5.74) is 0.220. The Bertz CT molecular complexity index is 883. The van der Waals surface area contributed by atoms with Crippen LogP contribution in [0.15, 0.2) is 48.2 Å². The molecular weight excluding hydrogens is 353 g/mol. The number of halogens is 2. The molecular formula is C16H9ClFN3O2S. The summed E-state index contributed by atoms with van der Waals surface area (Å²) in [6.45, 7) is 0. The Morgan fingerprint density at radius 2 is 1.92 bits per heavy atom. The monoisotopic (exact) mass is 361 g/mol. The summed E-state index contributed by atoms with van der Waals surface area (Å²) < 4.78 is 13.7. The van der Waals surface area contributed by atoms with Crippen LogP contribution in [-0.2, 0) is 9.59 Å². The van der Waals surface area contributed by atoms with Gasteiger partial charge in [-0.1, -0.05) is 11.6 Å². The van der Waals surface area contributed by atoms with Crippen molar-refractivity contribution < 1.29 is 14.0 Å². The summed E-state index contributed by atoms with van der Waals surface area (Å²) in [5, 5.41) is 2.85. The molecule has 1 aliphatic heterocycles. The third kappa shape index (κ3) is 3.04. The molecule has 5 nitrogen and oxygen atoms in total. The van der Waals surface area contributed by atoms with E-state index in [-0.39, 0.29) is 16.2 Å². The predicted molar refractivity (Wildman–Crippen MR) is 91.9 cm³/mol. The van der Waals surface area contributed by atoms with Crippen molar-refractivity contribution in [3.63, 3.8) is 0 Å². The van der Waals surface area contributed by atoms with Gasteiger partial charge in [0, 0.05) is 16.8 Å². The first-order valence-electron chi connectivity index (χ1n) is 6.75. The lowest BCUT2D eigenvalue weighted by molar-refractivity contribution is -0.122. The van der Waals surface area contributed by atoms with E-state index in [4.69, 9.17) is 23.8 Å². The van der Waals surface area contributed by atoms with Gasteiger partial charge in [0.2, 0.25) is 5.95 Å². The highest BCUT2D eigenvalue weighted by molar-refractivity contribution is 7.80. The molecule has 1 aromatic heterocycles. The van der Waals surface area contributed by atoms with Crippen LogP contribution in [0.25, 0.3) is 6.08 Å². The van der Waals surface area contributed by atoms with E-state index in [9.17, 15) is 14.0 Å². The number of rotatable bonds is 2. The molecule has 2 aromatic rings. The number of anilines is 1. The third-order valence-corrected chi connectivity index (χ3v) is 3.81. The number of nitrogens with one attached hydrogen (secondary N) is 1. The van der Waals surface area contributed by atoms with Crippen LogP contribution in [0, 0.1) is 5.95 Å². The molecule has 1 aliphatic rings. The minimum Gasteiger partial charge on any atom is -0.298 e. The lowest BCUT2D eigenvalue weighted by atomic mass is 10.1. The van der Waals surface area contributed by atoms with Crippen molar-refractivity contribution in [1.82, 2.24) is 10.3 Å². The van der Waals surface area contributed by atoms with Gasteiger partial charge in [0.1, 0.15) is 5.57 Å². The summed E-state index contributed by atoms with van der Waals surface area (Å²) in [5.74, 6) is -2.13. The molecule has 1 fully saturated rings. The zero-order valence-electron chi connectivity index (χ0n) is 12.0. The summed E-state index contributed by atoms with van der Waals surface area (Å²) >= 11 is 10.9. The number of amides is 2. The maximum absolute atomic E-state index is 13.7. The second-order valence-corrected chi connectivity index (χ2v) is 5.64. The van der Waals surface area contributed by atoms with Crippen molar-refractivity contribution in [3.8, 4) is 0 Å². The summed E-state index contributed by atoms with van der Waals surface area (Å²) in [6, 6.07) is 9.27. The smallest absolute Gasteiger partial charge is 0.270 e. The molecule has 0 unspecified atom stereocenters. The van der Waals surface area contributed by atoms with E-state index < -0.39 is 17.8 Å². The van der Waals surface area contributed by atoms with Crippen molar-refractivity contribution in [3.05, 3.63) is 64.7 Å². The molecule has 0 atom stereocenters. The number of hydrogen-bond donors (Lipinski definition) is 1. The quantitative estimate of drug-likeness (QED) is 0.386. The highest BCUT2D eigenvalue weighted by atomic mass is 35.5. The topological polar surface area (TPSA) is 62.3 Å². The van der Waals surface area contributed by atoms with Gasteiger partial charge in [0.15, 0.2) is 5.11 Å². The van der Waals surface area contributed by atoms with Gasteiger partial charge in [0.25, 0.3) is 11.8 Å². The van der Waals surface area contributed by atoms with Crippen molar-refractivity contribution in [2.75, 3.05) is 4.90 Å². The first-order valence-corrected chi connectivity index (χ1v) is 7.53. The van der Waals surface area contributed by atoms with Crippen LogP contribution in [-0.4, -0.2) is 21.9 Å².